The Bertz CT molecular complexity index is 660. The maximum Gasteiger partial charge on any atom is 0.272 e. The quantitative estimate of drug-likeness (QED) is 0.748. The third-order valence-electron chi connectivity index (χ3n) is 5.48. The number of aromatic nitrogens is 1. The minimum atomic E-state index is -0.0348. The number of nitrogens with zero attached hydrogens (tertiary/aromatic N) is 4. The third-order valence-corrected chi connectivity index (χ3v) is 5.48. The second-order valence-corrected chi connectivity index (χ2v) is 7.38. The largest absolute Gasteiger partial charge is 0.379 e. The number of aryl methyl sites for hydroxylation is 1. The van der Waals surface area contributed by atoms with Crippen molar-refractivity contribution < 1.29 is 14.3 Å². The highest BCUT2D eigenvalue weighted by atomic mass is 16.5. The van der Waals surface area contributed by atoms with Gasteiger partial charge in [-0.3, -0.25) is 19.5 Å². The standard InChI is InChI=1S/C20H30N4O3/c1-16-5-3-7-21-19(16)20(26)23-10-6-18(15-23)24(17(2)25)9-4-8-22-11-13-27-14-12-22/h3,5,7,18H,4,6,8-15H2,1-2H3. The molecule has 0 bridgehead atoms. The van der Waals surface area contributed by atoms with Crippen LogP contribution in [0.15, 0.2) is 18.3 Å². The minimum absolute atomic E-state index is 0.0348. The van der Waals surface area contributed by atoms with E-state index in [9.17, 15) is 9.59 Å². The van der Waals surface area contributed by atoms with Gasteiger partial charge in [0.25, 0.3) is 5.91 Å². The number of morpholine rings is 1. The molecular formula is C20H30N4O3. The number of rotatable bonds is 6. The van der Waals surface area contributed by atoms with E-state index in [0.29, 0.717) is 18.8 Å². The average molecular weight is 374 g/mol. The first-order chi connectivity index (χ1) is 13.1. The molecule has 2 fully saturated rings. The smallest absolute Gasteiger partial charge is 0.272 e. The van der Waals surface area contributed by atoms with Gasteiger partial charge < -0.3 is 14.5 Å². The summed E-state index contributed by atoms with van der Waals surface area (Å²) in [7, 11) is 0. The van der Waals surface area contributed by atoms with E-state index in [1.54, 1.807) is 13.1 Å². The molecule has 0 radical (unpaired) electrons. The van der Waals surface area contributed by atoms with Crippen LogP contribution >= 0.6 is 0 Å². The summed E-state index contributed by atoms with van der Waals surface area (Å²) in [5, 5.41) is 0. The molecule has 1 atom stereocenters. The zero-order valence-corrected chi connectivity index (χ0v) is 16.4. The Balaban J connectivity index is 1.53. The van der Waals surface area contributed by atoms with Gasteiger partial charge in [0.1, 0.15) is 5.69 Å². The Morgan fingerprint density at radius 1 is 1.30 bits per heavy atom. The number of ether oxygens (including phenoxy) is 1. The van der Waals surface area contributed by atoms with Crippen molar-refractivity contribution in [2.45, 2.75) is 32.7 Å². The lowest BCUT2D eigenvalue weighted by Gasteiger charge is -2.30. The first-order valence-corrected chi connectivity index (χ1v) is 9.84. The molecule has 3 rings (SSSR count). The molecule has 3 heterocycles. The van der Waals surface area contributed by atoms with Crippen LogP contribution in [0.4, 0.5) is 0 Å². The molecule has 1 aromatic rings. The van der Waals surface area contributed by atoms with Gasteiger partial charge in [0, 0.05) is 52.4 Å². The van der Waals surface area contributed by atoms with Gasteiger partial charge in [0.15, 0.2) is 0 Å². The summed E-state index contributed by atoms with van der Waals surface area (Å²) in [6.45, 7) is 10.0. The summed E-state index contributed by atoms with van der Waals surface area (Å²) in [4.78, 5) is 35.4. The van der Waals surface area contributed by atoms with Crippen LogP contribution in [0, 0.1) is 6.92 Å². The summed E-state index contributed by atoms with van der Waals surface area (Å²) in [6.07, 6.45) is 3.43. The molecule has 0 aliphatic carbocycles. The van der Waals surface area contributed by atoms with Crippen molar-refractivity contribution in [2.75, 3.05) is 52.5 Å². The average Bonchev–Trinajstić information content (AvgIpc) is 3.15. The van der Waals surface area contributed by atoms with Crippen LogP contribution in [0.3, 0.4) is 0 Å². The van der Waals surface area contributed by atoms with E-state index >= 15 is 0 Å². The van der Waals surface area contributed by atoms with Crippen LogP contribution in [0.2, 0.25) is 0 Å². The number of likely N-dealkylation sites (tertiary alicyclic amines) is 1. The van der Waals surface area contributed by atoms with Crippen molar-refractivity contribution in [3.05, 3.63) is 29.6 Å². The van der Waals surface area contributed by atoms with Crippen LogP contribution in [-0.2, 0) is 9.53 Å². The Kier molecular flexibility index (Phi) is 6.79. The van der Waals surface area contributed by atoms with E-state index in [0.717, 1.165) is 57.8 Å². The fourth-order valence-corrected chi connectivity index (χ4v) is 3.93. The molecule has 2 aliphatic heterocycles. The summed E-state index contributed by atoms with van der Waals surface area (Å²) < 4.78 is 5.38. The van der Waals surface area contributed by atoms with Gasteiger partial charge >= 0.3 is 0 Å². The van der Waals surface area contributed by atoms with Crippen molar-refractivity contribution in [3.63, 3.8) is 0 Å². The molecule has 0 N–H and O–H groups in total. The second-order valence-electron chi connectivity index (χ2n) is 7.38. The number of carbonyl (C=O) groups is 2. The maximum absolute atomic E-state index is 12.8. The van der Waals surface area contributed by atoms with Gasteiger partial charge in [-0.2, -0.15) is 0 Å². The van der Waals surface area contributed by atoms with Gasteiger partial charge in [-0.25, -0.2) is 0 Å². The van der Waals surface area contributed by atoms with Crippen LogP contribution in [0.5, 0.6) is 0 Å². The lowest BCUT2D eigenvalue weighted by Crippen LogP contribution is -2.44. The molecule has 27 heavy (non-hydrogen) atoms. The molecule has 1 unspecified atom stereocenters. The van der Waals surface area contributed by atoms with Gasteiger partial charge in [-0.1, -0.05) is 6.07 Å². The number of pyridine rings is 1. The van der Waals surface area contributed by atoms with Crippen LogP contribution in [-0.4, -0.2) is 90.0 Å². The molecule has 2 saturated heterocycles. The zero-order chi connectivity index (χ0) is 19.2. The summed E-state index contributed by atoms with van der Waals surface area (Å²) in [6, 6.07) is 3.84. The molecule has 7 nitrogen and oxygen atoms in total. The predicted molar refractivity (Wildman–Crippen MR) is 103 cm³/mol. The number of amides is 2. The zero-order valence-electron chi connectivity index (χ0n) is 16.4. The molecule has 0 saturated carbocycles. The van der Waals surface area contributed by atoms with Crippen LogP contribution in [0.25, 0.3) is 0 Å². The lowest BCUT2D eigenvalue weighted by molar-refractivity contribution is -0.131. The molecule has 0 aromatic carbocycles. The Labute approximate surface area is 161 Å². The second kappa shape index (κ2) is 9.28. The topological polar surface area (TPSA) is 66.0 Å². The third kappa shape index (κ3) is 5.05. The number of hydrogen-bond donors (Lipinski definition) is 0. The highest BCUT2D eigenvalue weighted by molar-refractivity contribution is 5.93. The van der Waals surface area contributed by atoms with Gasteiger partial charge in [0.05, 0.1) is 19.3 Å². The Morgan fingerprint density at radius 2 is 2.07 bits per heavy atom. The van der Waals surface area contributed by atoms with Gasteiger partial charge in [-0.05, 0) is 31.4 Å². The van der Waals surface area contributed by atoms with Crippen LogP contribution in [0.1, 0.15) is 35.8 Å². The lowest BCUT2D eigenvalue weighted by atomic mass is 10.2. The van der Waals surface area contributed by atoms with Crippen molar-refractivity contribution >= 4 is 11.8 Å². The number of hydrogen-bond acceptors (Lipinski definition) is 5. The molecule has 7 heteroatoms. The monoisotopic (exact) mass is 374 g/mol. The normalized spacial score (nSPS) is 20.7. The molecule has 2 amide bonds. The van der Waals surface area contributed by atoms with E-state index in [1.165, 1.54) is 0 Å². The van der Waals surface area contributed by atoms with Crippen LogP contribution < -0.4 is 0 Å². The van der Waals surface area contributed by atoms with E-state index in [2.05, 4.69) is 9.88 Å². The molecule has 148 valence electrons. The first kappa shape index (κ1) is 19.8. The summed E-state index contributed by atoms with van der Waals surface area (Å²) in [5.41, 5.74) is 1.40. The fourth-order valence-electron chi connectivity index (χ4n) is 3.93. The molecule has 2 aliphatic rings. The van der Waals surface area contributed by atoms with Crippen molar-refractivity contribution in [1.82, 2.24) is 19.7 Å². The summed E-state index contributed by atoms with van der Waals surface area (Å²) >= 11 is 0. The van der Waals surface area contributed by atoms with E-state index < -0.39 is 0 Å². The van der Waals surface area contributed by atoms with Crippen molar-refractivity contribution in [1.29, 1.82) is 0 Å². The maximum atomic E-state index is 12.8. The van der Waals surface area contributed by atoms with E-state index in [1.807, 2.05) is 28.9 Å². The Morgan fingerprint density at radius 3 is 2.78 bits per heavy atom. The minimum Gasteiger partial charge on any atom is -0.379 e. The van der Waals surface area contributed by atoms with Gasteiger partial charge in [-0.15, -0.1) is 0 Å². The van der Waals surface area contributed by atoms with Gasteiger partial charge in [0.2, 0.25) is 5.91 Å². The fraction of sp³-hybridized carbons (Fsp3) is 0.650. The molecular weight excluding hydrogens is 344 g/mol. The van der Waals surface area contributed by atoms with E-state index in [-0.39, 0.29) is 17.9 Å². The first-order valence-electron chi connectivity index (χ1n) is 9.84. The number of carbonyl (C=O) groups excluding carboxylic acids is 2. The molecule has 1 aromatic heterocycles. The molecule has 0 spiro atoms. The van der Waals surface area contributed by atoms with Crippen molar-refractivity contribution in [2.24, 2.45) is 0 Å². The summed E-state index contributed by atoms with van der Waals surface area (Å²) in [5.74, 6) is 0.0534. The highest BCUT2D eigenvalue weighted by Crippen LogP contribution is 2.19. The SMILES string of the molecule is CC(=O)N(CCCN1CCOCC1)C1CCN(C(=O)c2ncccc2C)C1. The predicted octanol–water partition coefficient (Wildman–Crippen LogP) is 1.18. The Hall–Kier alpha value is -1.99. The highest BCUT2D eigenvalue weighted by Gasteiger charge is 2.32. The van der Waals surface area contributed by atoms with E-state index in [4.69, 9.17) is 4.74 Å². The van der Waals surface area contributed by atoms with Crippen molar-refractivity contribution in [3.8, 4) is 0 Å².